The zero-order chi connectivity index (χ0) is 20.2. The van der Waals surface area contributed by atoms with Gasteiger partial charge in [0.15, 0.2) is 0 Å². The molecule has 0 unspecified atom stereocenters. The van der Waals surface area contributed by atoms with Crippen LogP contribution in [-0.2, 0) is 6.42 Å². The first-order valence-electron chi connectivity index (χ1n) is 9.89. The average molecular weight is 410 g/mol. The maximum atomic E-state index is 13.2. The Bertz CT molecular complexity index is 964. The van der Waals surface area contributed by atoms with Gasteiger partial charge in [-0.2, -0.15) is 0 Å². The predicted octanol–water partition coefficient (Wildman–Crippen LogP) is 4.26. The molecule has 0 radical (unpaired) electrons. The second kappa shape index (κ2) is 8.84. The van der Waals surface area contributed by atoms with Gasteiger partial charge in [-0.15, -0.1) is 11.3 Å². The molecule has 0 bridgehead atoms. The SMILES string of the molecule is Cc1nc(-c2ccc(F)cc2)sc1C(=O)N1CCN(CCc2ccccc2)CC1. The van der Waals surface area contributed by atoms with E-state index in [0.29, 0.717) is 4.88 Å². The number of rotatable bonds is 5. The number of carbonyl (C=O) groups is 1. The minimum atomic E-state index is -0.275. The molecule has 0 saturated carbocycles. The van der Waals surface area contributed by atoms with Crippen LogP contribution < -0.4 is 0 Å². The number of aryl methyl sites for hydroxylation is 1. The molecule has 4 nitrogen and oxygen atoms in total. The van der Waals surface area contributed by atoms with Crippen molar-refractivity contribution >= 4 is 17.2 Å². The van der Waals surface area contributed by atoms with Crippen LogP contribution in [0.15, 0.2) is 54.6 Å². The molecule has 0 spiro atoms. The first-order chi connectivity index (χ1) is 14.1. The minimum Gasteiger partial charge on any atom is -0.335 e. The molecule has 1 aromatic heterocycles. The molecule has 0 aliphatic carbocycles. The topological polar surface area (TPSA) is 36.4 Å². The van der Waals surface area contributed by atoms with Crippen molar-refractivity contribution in [1.29, 1.82) is 0 Å². The van der Waals surface area contributed by atoms with Crippen molar-refractivity contribution < 1.29 is 9.18 Å². The number of amides is 1. The van der Waals surface area contributed by atoms with Crippen molar-refractivity contribution in [2.24, 2.45) is 0 Å². The Hall–Kier alpha value is -2.57. The van der Waals surface area contributed by atoms with Crippen molar-refractivity contribution in [3.8, 4) is 10.6 Å². The van der Waals surface area contributed by atoms with Gasteiger partial charge in [-0.25, -0.2) is 9.37 Å². The third-order valence-electron chi connectivity index (χ3n) is 5.30. The van der Waals surface area contributed by atoms with Gasteiger partial charge in [0.1, 0.15) is 15.7 Å². The number of nitrogens with zero attached hydrogens (tertiary/aromatic N) is 3. The number of hydrogen-bond acceptors (Lipinski definition) is 4. The van der Waals surface area contributed by atoms with E-state index in [1.807, 2.05) is 17.9 Å². The van der Waals surface area contributed by atoms with Crippen LogP contribution in [0, 0.1) is 12.7 Å². The van der Waals surface area contributed by atoms with Crippen LogP contribution >= 0.6 is 11.3 Å². The van der Waals surface area contributed by atoms with Crippen LogP contribution in [-0.4, -0.2) is 53.4 Å². The average Bonchev–Trinajstić information content (AvgIpc) is 3.15. The molecule has 0 N–H and O–H groups in total. The van der Waals surface area contributed by atoms with Crippen LogP contribution in [0.2, 0.25) is 0 Å². The standard InChI is InChI=1S/C23H24FN3OS/c1-17-21(29-22(25-17)19-7-9-20(24)10-8-19)23(28)27-15-13-26(14-16-27)12-11-18-5-3-2-4-6-18/h2-10H,11-16H2,1H3. The highest BCUT2D eigenvalue weighted by atomic mass is 32.1. The fourth-order valence-electron chi connectivity index (χ4n) is 3.56. The molecule has 4 rings (SSSR count). The lowest BCUT2D eigenvalue weighted by Crippen LogP contribution is -2.49. The summed E-state index contributed by atoms with van der Waals surface area (Å²) in [6.45, 7) is 6.13. The Morgan fingerprint density at radius 2 is 1.72 bits per heavy atom. The Kier molecular flexibility index (Phi) is 6.02. The first-order valence-corrected chi connectivity index (χ1v) is 10.7. The molecule has 1 amide bonds. The van der Waals surface area contributed by atoms with Gasteiger partial charge in [0.05, 0.1) is 5.69 Å². The summed E-state index contributed by atoms with van der Waals surface area (Å²) < 4.78 is 13.2. The summed E-state index contributed by atoms with van der Waals surface area (Å²) in [6, 6.07) is 16.7. The maximum Gasteiger partial charge on any atom is 0.265 e. The van der Waals surface area contributed by atoms with Crippen molar-refractivity contribution in [2.45, 2.75) is 13.3 Å². The Labute approximate surface area is 174 Å². The highest BCUT2D eigenvalue weighted by molar-refractivity contribution is 7.17. The molecular formula is C23H24FN3OS. The number of benzene rings is 2. The van der Waals surface area contributed by atoms with Crippen molar-refractivity contribution in [1.82, 2.24) is 14.8 Å². The van der Waals surface area contributed by atoms with E-state index in [1.165, 1.54) is 29.0 Å². The Morgan fingerprint density at radius 1 is 1.03 bits per heavy atom. The lowest BCUT2D eigenvalue weighted by Gasteiger charge is -2.34. The minimum absolute atomic E-state index is 0.0519. The fourth-order valence-corrected chi connectivity index (χ4v) is 4.60. The van der Waals surface area contributed by atoms with E-state index in [-0.39, 0.29) is 11.7 Å². The van der Waals surface area contributed by atoms with Crippen molar-refractivity contribution in [2.75, 3.05) is 32.7 Å². The largest absolute Gasteiger partial charge is 0.335 e. The molecule has 29 heavy (non-hydrogen) atoms. The van der Waals surface area contributed by atoms with Crippen LogP contribution in [0.1, 0.15) is 20.9 Å². The molecule has 0 atom stereocenters. The second-order valence-electron chi connectivity index (χ2n) is 7.31. The van der Waals surface area contributed by atoms with Crippen LogP contribution in [0.5, 0.6) is 0 Å². The third-order valence-corrected chi connectivity index (χ3v) is 6.50. The maximum absolute atomic E-state index is 13.2. The number of halogens is 1. The number of carbonyl (C=O) groups excluding carboxylic acids is 1. The molecule has 6 heteroatoms. The van der Waals surface area contributed by atoms with Gasteiger partial charge in [0.25, 0.3) is 5.91 Å². The molecule has 1 saturated heterocycles. The van der Waals surface area contributed by atoms with E-state index in [2.05, 4.69) is 34.1 Å². The van der Waals surface area contributed by atoms with Gasteiger partial charge < -0.3 is 4.90 Å². The van der Waals surface area contributed by atoms with E-state index >= 15 is 0 Å². The summed E-state index contributed by atoms with van der Waals surface area (Å²) in [5, 5.41) is 0.757. The highest BCUT2D eigenvalue weighted by Crippen LogP contribution is 2.29. The predicted molar refractivity (Wildman–Crippen MR) is 115 cm³/mol. The molecule has 2 heterocycles. The Morgan fingerprint density at radius 3 is 2.41 bits per heavy atom. The summed E-state index contributed by atoms with van der Waals surface area (Å²) in [4.78, 5) is 22.6. The van der Waals surface area contributed by atoms with Crippen LogP contribution in [0.4, 0.5) is 4.39 Å². The normalized spacial score (nSPS) is 14.9. The quantitative estimate of drug-likeness (QED) is 0.632. The van der Waals surface area contributed by atoms with Crippen LogP contribution in [0.3, 0.4) is 0 Å². The van der Waals surface area contributed by atoms with E-state index in [4.69, 9.17) is 0 Å². The third kappa shape index (κ3) is 4.71. The van der Waals surface area contributed by atoms with E-state index in [0.717, 1.165) is 55.4 Å². The van der Waals surface area contributed by atoms with Gasteiger partial charge >= 0.3 is 0 Å². The van der Waals surface area contributed by atoms with Gasteiger partial charge in [-0.3, -0.25) is 9.69 Å². The molecule has 1 aliphatic heterocycles. The number of hydrogen-bond donors (Lipinski definition) is 0. The summed E-state index contributed by atoms with van der Waals surface area (Å²) in [7, 11) is 0. The Balaban J connectivity index is 1.35. The number of thiazole rings is 1. The molecule has 1 fully saturated rings. The van der Waals surface area contributed by atoms with E-state index in [1.54, 1.807) is 12.1 Å². The van der Waals surface area contributed by atoms with E-state index in [9.17, 15) is 9.18 Å². The summed E-state index contributed by atoms with van der Waals surface area (Å²) in [5.74, 6) is -0.223. The van der Waals surface area contributed by atoms with Gasteiger partial charge in [0.2, 0.25) is 0 Å². The lowest BCUT2D eigenvalue weighted by molar-refractivity contribution is 0.0642. The summed E-state index contributed by atoms with van der Waals surface area (Å²) in [6.07, 6.45) is 1.03. The van der Waals surface area contributed by atoms with Gasteiger partial charge in [-0.1, -0.05) is 30.3 Å². The summed E-state index contributed by atoms with van der Waals surface area (Å²) >= 11 is 1.39. The van der Waals surface area contributed by atoms with Crippen LogP contribution in [0.25, 0.3) is 10.6 Å². The summed E-state index contributed by atoms with van der Waals surface area (Å²) in [5.41, 5.74) is 2.93. The molecule has 2 aromatic carbocycles. The molecule has 150 valence electrons. The lowest BCUT2D eigenvalue weighted by atomic mass is 10.1. The second-order valence-corrected chi connectivity index (χ2v) is 8.31. The zero-order valence-corrected chi connectivity index (χ0v) is 17.3. The van der Waals surface area contributed by atoms with Gasteiger partial charge in [0, 0.05) is 38.3 Å². The van der Waals surface area contributed by atoms with Crippen molar-refractivity contribution in [3.05, 3.63) is 76.5 Å². The monoisotopic (exact) mass is 409 g/mol. The zero-order valence-electron chi connectivity index (χ0n) is 16.5. The number of piperazine rings is 1. The van der Waals surface area contributed by atoms with E-state index < -0.39 is 0 Å². The van der Waals surface area contributed by atoms with Crippen molar-refractivity contribution in [3.63, 3.8) is 0 Å². The number of aromatic nitrogens is 1. The smallest absolute Gasteiger partial charge is 0.265 e. The molecule has 1 aliphatic rings. The highest BCUT2D eigenvalue weighted by Gasteiger charge is 2.25. The molecular weight excluding hydrogens is 385 g/mol. The molecule has 3 aromatic rings. The van der Waals surface area contributed by atoms with Gasteiger partial charge in [-0.05, 0) is 43.2 Å². The first kappa shape index (κ1) is 19.7. The fraction of sp³-hybridized carbons (Fsp3) is 0.304.